The standard InChI is InChI=1S/C11H11F2N3O2/c1-5(9(12)13)14-6-2-3-7-8(4-6)16-11(18)10(17)15-7/h2-5,9,14H,1H3,(H,15,17)(H,16,18). The van der Waals surface area contributed by atoms with Crippen LogP contribution in [0.4, 0.5) is 14.5 Å². The Morgan fingerprint density at radius 3 is 2.33 bits per heavy atom. The third kappa shape index (κ3) is 2.39. The van der Waals surface area contributed by atoms with Gasteiger partial charge in [0.25, 0.3) is 6.43 Å². The highest BCUT2D eigenvalue weighted by Gasteiger charge is 2.14. The molecule has 0 saturated carbocycles. The second kappa shape index (κ2) is 4.59. The zero-order valence-electron chi connectivity index (χ0n) is 9.46. The average molecular weight is 255 g/mol. The highest BCUT2D eigenvalue weighted by atomic mass is 19.3. The van der Waals surface area contributed by atoms with Crippen molar-refractivity contribution in [1.29, 1.82) is 0 Å². The highest BCUT2D eigenvalue weighted by molar-refractivity contribution is 5.78. The number of hydrogen-bond donors (Lipinski definition) is 3. The van der Waals surface area contributed by atoms with Gasteiger partial charge in [0, 0.05) is 5.69 Å². The Bertz CT molecular complexity index is 678. The summed E-state index contributed by atoms with van der Waals surface area (Å²) < 4.78 is 24.8. The first kappa shape index (κ1) is 12.3. The zero-order chi connectivity index (χ0) is 13.3. The molecule has 0 saturated heterocycles. The summed E-state index contributed by atoms with van der Waals surface area (Å²) in [6.45, 7) is 1.35. The van der Waals surface area contributed by atoms with Crippen molar-refractivity contribution in [1.82, 2.24) is 9.97 Å². The first-order valence-electron chi connectivity index (χ1n) is 5.28. The molecule has 18 heavy (non-hydrogen) atoms. The second-order valence-electron chi connectivity index (χ2n) is 3.94. The molecule has 0 amide bonds. The van der Waals surface area contributed by atoms with Gasteiger partial charge in [-0.1, -0.05) is 0 Å². The largest absolute Gasteiger partial charge is 0.377 e. The summed E-state index contributed by atoms with van der Waals surface area (Å²) in [5.41, 5.74) is -0.260. The average Bonchev–Trinajstić information content (AvgIpc) is 2.31. The van der Waals surface area contributed by atoms with Crippen molar-refractivity contribution in [3.05, 3.63) is 38.9 Å². The van der Waals surface area contributed by atoms with Crippen molar-refractivity contribution in [2.45, 2.75) is 19.4 Å². The normalized spacial score (nSPS) is 12.9. The van der Waals surface area contributed by atoms with Crippen LogP contribution in [-0.2, 0) is 0 Å². The van der Waals surface area contributed by atoms with Crippen LogP contribution in [0.3, 0.4) is 0 Å². The molecule has 3 N–H and O–H groups in total. The fraction of sp³-hybridized carbons (Fsp3) is 0.273. The Kier molecular flexibility index (Phi) is 3.14. The lowest BCUT2D eigenvalue weighted by molar-refractivity contribution is 0.131. The minimum absolute atomic E-state index is 0.381. The van der Waals surface area contributed by atoms with E-state index in [1.807, 2.05) is 0 Å². The third-order valence-corrected chi connectivity index (χ3v) is 2.49. The van der Waals surface area contributed by atoms with Gasteiger partial charge < -0.3 is 15.3 Å². The van der Waals surface area contributed by atoms with Crippen molar-refractivity contribution in [2.75, 3.05) is 5.32 Å². The van der Waals surface area contributed by atoms with Crippen LogP contribution in [0.2, 0.25) is 0 Å². The van der Waals surface area contributed by atoms with Gasteiger partial charge in [0.2, 0.25) is 0 Å². The maximum atomic E-state index is 12.4. The molecular formula is C11H11F2N3O2. The predicted molar refractivity (Wildman–Crippen MR) is 64.3 cm³/mol. The quantitative estimate of drug-likeness (QED) is 0.723. The van der Waals surface area contributed by atoms with E-state index in [9.17, 15) is 18.4 Å². The molecule has 0 fully saturated rings. The number of H-pyrrole nitrogens is 2. The maximum absolute atomic E-state index is 12.4. The monoisotopic (exact) mass is 255 g/mol. The smallest absolute Gasteiger partial charge is 0.314 e. The van der Waals surface area contributed by atoms with Gasteiger partial charge in [-0.25, -0.2) is 8.78 Å². The van der Waals surface area contributed by atoms with Crippen LogP contribution >= 0.6 is 0 Å². The van der Waals surface area contributed by atoms with E-state index < -0.39 is 23.6 Å². The number of benzene rings is 1. The Morgan fingerprint density at radius 2 is 1.72 bits per heavy atom. The van der Waals surface area contributed by atoms with E-state index in [1.165, 1.54) is 19.1 Å². The van der Waals surface area contributed by atoms with Crippen molar-refractivity contribution < 1.29 is 8.78 Å². The summed E-state index contributed by atoms with van der Waals surface area (Å²) in [6, 6.07) is 3.57. The van der Waals surface area contributed by atoms with E-state index in [0.717, 1.165) is 0 Å². The van der Waals surface area contributed by atoms with E-state index >= 15 is 0 Å². The number of hydrogen-bond acceptors (Lipinski definition) is 3. The van der Waals surface area contributed by atoms with Gasteiger partial charge in [-0.2, -0.15) is 0 Å². The molecule has 0 bridgehead atoms. The fourth-order valence-electron chi connectivity index (χ4n) is 1.53. The molecule has 0 aliphatic rings. The zero-order valence-corrected chi connectivity index (χ0v) is 9.46. The minimum Gasteiger partial charge on any atom is -0.377 e. The molecule has 1 heterocycles. The number of anilines is 1. The fourth-order valence-corrected chi connectivity index (χ4v) is 1.53. The maximum Gasteiger partial charge on any atom is 0.314 e. The van der Waals surface area contributed by atoms with Gasteiger partial charge in [-0.15, -0.1) is 0 Å². The Hall–Kier alpha value is -2.18. The topological polar surface area (TPSA) is 77.8 Å². The Balaban J connectivity index is 2.41. The summed E-state index contributed by atoms with van der Waals surface area (Å²) in [5, 5.41) is 2.60. The third-order valence-electron chi connectivity index (χ3n) is 2.49. The number of rotatable bonds is 3. The summed E-state index contributed by atoms with van der Waals surface area (Å²) >= 11 is 0. The van der Waals surface area contributed by atoms with E-state index in [4.69, 9.17) is 0 Å². The second-order valence-corrected chi connectivity index (χ2v) is 3.94. The molecule has 0 aliphatic heterocycles. The molecule has 2 rings (SSSR count). The molecule has 7 heteroatoms. The number of nitrogens with one attached hydrogen (secondary N) is 3. The van der Waals surface area contributed by atoms with Gasteiger partial charge in [-0.3, -0.25) is 9.59 Å². The van der Waals surface area contributed by atoms with Crippen molar-refractivity contribution in [2.24, 2.45) is 0 Å². The molecule has 1 aromatic carbocycles. The van der Waals surface area contributed by atoms with Gasteiger partial charge in [0.1, 0.15) is 0 Å². The number of fused-ring (bicyclic) bond motifs is 1. The first-order valence-corrected chi connectivity index (χ1v) is 5.28. The molecule has 0 spiro atoms. The van der Waals surface area contributed by atoms with Gasteiger partial charge in [0.05, 0.1) is 17.1 Å². The number of alkyl halides is 2. The molecular weight excluding hydrogens is 244 g/mol. The van der Waals surface area contributed by atoms with Crippen LogP contribution in [0, 0.1) is 0 Å². The van der Waals surface area contributed by atoms with Crippen molar-refractivity contribution in [3.8, 4) is 0 Å². The number of aromatic nitrogens is 2. The lowest BCUT2D eigenvalue weighted by Crippen LogP contribution is -2.29. The van der Waals surface area contributed by atoms with Crippen LogP contribution in [0.15, 0.2) is 27.8 Å². The first-order chi connectivity index (χ1) is 8.47. The van der Waals surface area contributed by atoms with E-state index in [-0.39, 0.29) is 0 Å². The molecule has 0 radical (unpaired) electrons. The Morgan fingerprint density at radius 1 is 1.11 bits per heavy atom. The molecule has 2 aromatic rings. The molecule has 1 unspecified atom stereocenters. The lowest BCUT2D eigenvalue weighted by Gasteiger charge is -2.14. The molecule has 5 nitrogen and oxygen atoms in total. The Labute approximate surface area is 99.9 Å². The lowest BCUT2D eigenvalue weighted by atomic mass is 10.2. The highest BCUT2D eigenvalue weighted by Crippen LogP contribution is 2.16. The SMILES string of the molecule is CC(Nc1ccc2[nH]c(=O)c(=O)[nH]c2c1)C(F)F. The number of halogens is 2. The van der Waals surface area contributed by atoms with Gasteiger partial charge >= 0.3 is 11.1 Å². The minimum atomic E-state index is -2.49. The molecule has 0 aliphatic carbocycles. The van der Waals surface area contributed by atoms with Crippen molar-refractivity contribution in [3.63, 3.8) is 0 Å². The van der Waals surface area contributed by atoms with Crippen LogP contribution in [-0.4, -0.2) is 22.4 Å². The van der Waals surface area contributed by atoms with Crippen LogP contribution in [0.25, 0.3) is 11.0 Å². The van der Waals surface area contributed by atoms with E-state index in [0.29, 0.717) is 16.7 Å². The molecule has 1 aromatic heterocycles. The van der Waals surface area contributed by atoms with Crippen LogP contribution < -0.4 is 16.4 Å². The van der Waals surface area contributed by atoms with Crippen LogP contribution in [0.1, 0.15) is 6.92 Å². The van der Waals surface area contributed by atoms with Crippen molar-refractivity contribution >= 4 is 16.7 Å². The van der Waals surface area contributed by atoms with Gasteiger partial charge in [-0.05, 0) is 25.1 Å². The van der Waals surface area contributed by atoms with E-state index in [2.05, 4.69) is 15.3 Å². The molecule has 1 atom stereocenters. The molecule has 96 valence electrons. The summed E-state index contributed by atoms with van der Waals surface area (Å²) in [6.07, 6.45) is -2.49. The number of aromatic amines is 2. The summed E-state index contributed by atoms with van der Waals surface area (Å²) in [7, 11) is 0. The van der Waals surface area contributed by atoms with Crippen LogP contribution in [0.5, 0.6) is 0 Å². The summed E-state index contributed by atoms with van der Waals surface area (Å²) in [5.74, 6) is 0. The summed E-state index contributed by atoms with van der Waals surface area (Å²) in [4.78, 5) is 27.0. The van der Waals surface area contributed by atoms with Gasteiger partial charge in [0.15, 0.2) is 0 Å². The van der Waals surface area contributed by atoms with E-state index in [1.54, 1.807) is 6.07 Å². The predicted octanol–water partition coefficient (Wildman–Crippen LogP) is 1.28.